The average molecular weight is 479 g/mol. The highest BCUT2D eigenvalue weighted by atomic mass is 19.4. The average Bonchev–Trinajstić information content (AvgIpc) is 2.73. The van der Waals surface area contributed by atoms with Crippen molar-refractivity contribution in [2.24, 2.45) is 0 Å². The molecule has 0 fully saturated rings. The van der Waals surface area contributed by atoms with Crippen molar-refractivity contribution in [3.63, 3.8) is 0 Å². The van der Waals surface area contributed by atoms with E-state index in [1.54, 1.807) is 0 Å². The lowest BCUT2D eigenvalue weighted by Crippen LogP contribution is -2.29. The Kier molecular flexibility index (Phi) is 7.08. The van der Waals surface area contributed by atoms with Crippen LogP contribution in [0.25, 0.3) is 11.1 Å². The number of aromatic nitrogens is 2. The number of aliphatic hydroxyl groups excluding tert-OH is 2. The van der Waals surface area contributed by atoms with Gasteiger partial charge in [-0.15, -0.1) is 13.2 Å². The number of nitrogens with one attached hydrogen (secondary N) is 1. The maximum absolute atomic E-state index is 12.4. The minimum Gasteiger partial charge on any atom is -0.444 e. The number of amides is 1. The molecule has 3 aromatic rings. The molecule has 0 saturated heterocycles. The van der Waals surface area contributed by atoms with Gasteiger partial charge in [-0.25, -0.2) is 0 Å². The van der Waals surface area contributed by atoms with Gasteiger partial charge in [0.25, 0.3) is 5.91 Å². The number of alkyl halides is 3. The van der Waals surface area contributed by atoms with Crippen LogP contribution >= 0.6 is 0 Å². The molecular weight excluding hydrogens is 459 g/mol. The maximum Gasteiger partial charge on any atom is 0.573 e. The molecule has 2 aromatic carbocycles. The van der Waals surface area contributed by atoms with Crippen LogP contribution in [0.4, 0.5) is 30.6 Å². The molecule has 0 aliphatic heterocycles. The highest BCUT2D eigenvalue weighted by Crippen LogP contribution is 2.35. The monoisotopic (exact) mass is 479 g/mol. The molecule has 0 unspecified atom stereocenters. The molecule has 0 aliphatic rings. The fraction of sp³-hybridized carbons (Fsp3) is 0.190. The summed E-state index contributed by atoms with van der Waals surface area (Å²) in [5.74, 6) is -1.63. The standard InChI is InChI=1S/C21H20F3N5O5/c1-10(30)19(32)33-18-15(16(25)28-20(26)29-18)11-5-7-13(8-6-11)27-17(31)12-3-2-4-14(9-12)34-21(22,23)24/h2-10,19,30,32H,1H3,(H,27,31)(H4,25,26,28,29)/t10-,19-/m0/s1. The highest BCUT2D eigenvalue weighted by Gasteiger charge is 2.31. The minimum absolute atomic E-state index is 0.0511. The molecule has 2 atom stereocenters. The van der Waals surface area contributed by atoms with Crippen LogP contribution in [0.2, 0.25) is 0 Å². The Morgan fingerprint density at radius 2 is 1.76 bits per heavy atom. The zero-order valence-corrected chi connectivity index (χ0v) is 17.6. The molecule has 3 rings (SSSR count). The number of carbonyl (C=O) groups excluding carboxylic acids is 1. The number of benzene rings is 2. The first kappa shape index (κ1) is 24.5. The zero-order chi connectivity index (χ0) is 25.0. The second-order valence-electron chi connectivity index (χ2n) is 7.00. The van der Waals surface area contributed by atoms with E-state index < -0.39 is 30.4 Å². The van der Waals surface area contributed by atoms with Crippen molar-refractivity contribution in [2.45, 2.75) is 25.7 Å². The van der Waals surface area contributed by atoms with Gasteiger partial charge in [-0.3, -0.25) is 4.79 Å². The number of rotatable bonds is 7. The smallest absolute Gasteiger partial charge is 0.444 e. The lowest BCUT2D eigenvalue weighted by Gasteiger charge is -2.18. The number of carbonyl (C=O) groups is 1. The van der Waals surface area contributed by atoms with Crippen LogP contribution in [0.15, 0.2) is 48.5 Å². The number of hydrogen-bond donors (Lipinski definition) is 5. The van der Waals surface area contributed by atoms with Crippen molar-refractivity contribution >= 4 is 23.4 Å². The van der Waals surface area contributed by atoms with Crippen molar-refractivity contribution in [3.05, 3.63) is 54.1 Å². The van der Waals surface area contributed by atoms with Gasteiger partial charge in [0.2, 0.25) is 18.1 Å². The molecule has 1 aromatic heterocycles. The molecule has 1 heterocycles. The molecule has 34 heavy (non-hydrogen) atoms. The fourth-order valence-corrected chi connectivity index (χ4v) is 2.80. The normalized spacial score (nSPS) is 13.1. The predicted molar refractivity (Wildman–Crippen MR) is 116 cm³/mol. The molecule has 10 nitrogen and oxygen atoms in total. The van der Waals surface area contributed by atoms with Gasteiger partial charge in [-0.05, 0) is 42.8 Å². The van der Waals surface area contributed by atoms with Crippen LogP contribution in [0, 0.1) is 0 Å². The third-order valence-corrected chi connectivity index (χ3v) is 4.33. The van der Waals surface area contributed by atoms with E-state index in [-0.39, 0.29) is 28.8 Å². The van der Waals surface area contributed by atoms with Gasteiger partial charge >= 0.3 is 6.36 Å². The Hall–Kier alpha value is -4.10. The Balaban J connectivity index is 1.81. The largest absolute Gasteiger partial charge is 0.573 e. The van der Waals surface area contributed by atoms with Crippen LogP contribution in [-0.2, 0) is 0 Å². The number of ether oxygens (including phenoxy) is 2. The Morgan fingerprint density at radius 1 is 1.09 bits per heavy atom. The summed E-state index contributed by atoms with van der Waals surface area (Å²) in [4.78, 5) is 20.2. The van der Waals surface area contributed by atoms with Gasteiger partial charge in [0.15, 0.2) is 0 Å². The summed E-state index contributed by atoms with van der Waals surface area (Å²) >= 11 is 0. The third kappa shape index (κ3) is 6.24. The summed E-state index contributed by atoms with van der Waals surface area (Å²) in [6.07, 6.45) is -7.72. The molecule has 180 valence electrons. The van der Waals surface area contributed by atoms with E-state index in [2.05, 4.69) is 20.0 Å². The summed E-state index contributed by atoms with van der Waals surface area (Å²) in [5, 5.41) is 21.9. The van der Waals surface area contributed by atoms with Crippen LogP contribution in [-0.4, -0.2) is 44.8 Å². The molecule has 0 saturated carbocycles. The number of aliphatic hydroxyl groups is 2. The second-order valence-corrected chi connectivity index (χ2v) is 7.00. The van der Waals surface area contributed by atoms with E-state index in [4.69, 9.17) is 16.2 Å². The summed E-state index contributed by atoms with van der Waals surface area (Å²) < 4.78 is 46.3. The van der Waals surface area contributed by atoms with Gasteiger partial charge in [-0.2, -0.15) is 9.97 Å². The van der Waals surface area contributed by atoms with Crippen LogP contribution < -0.4 is 26.3 Å². The zero-order valence-electron chi connectivity index (χ0n) is 17.6. The van der Waals surface area contributed by atoms with E-state index in [1.807, 2.05) is 0 Å². The van der Waals surface area contributed by atoms with E-state index in [0.717, 1.165) is 12.1 Å². The van der Waals surface area contributed by atoms with Crippen molar-refractivity contribution in [1.82, 2.24) is 9.97 Å². The SMILES string of the molecule is C[C@H](O)[C@@H](O)Oc1nc(N)nc(N)c1-c1ccc(NC(=O)c2cccc(OC(F)(F)F)c2)cc1. The first-order chi connectivity index (χ1) is 15.9. The molecular formula is C21H20F3N5O5. The molecule has 0 bridgehead atoms. The first-order valence-corrected chi connectivity index (χ1v) is 9.66. The third-order valence-electron chi connectivity index (χ3n) is 4.33. The lowest BCUT2D eigenvalue weighted by molar-refractivity contribution is -0.274. The topological polar surface area (TPSA) is 166 Å². The molecule has 0 aliphatic carbocycles. The maximum atomic E-state index is 12.4. The number of nitrogens with two attached hydrogens (primary N) is 2. The van der Waals surface area contributed by atoms with E-state index in [1.165, 1.54) is 43.3 Å². The van der Waals surface area contributed by atoms with Gasteiger partial charge in [0.05, 0.1) is 5.56 Å². The van der Waals surface area contributed by atoms with Crippen molar-refractivity contribution in [2.75, 3.05) is 16.8 Å². The van der Waals surface area contributed by atoms with E-state index >= 15 is 0 Å². The fourth-order valence-electron chi connectivity index (χ4n) is 2.80. The van der Waals surface area contributed by atoms with Crippen LogP contribution in [0.5, 0.6) is 11.6 Å². The Bertz CT molecular complexity index is 1170. The predicted octanol–water partition coefficient (Wildman–Crippen LogP) is 2.54. The van der Waals surface area contributed by atoms with E-state index in [0.29, 0.717) is 11.3 Å². The van der Waals surface area contributed by atoms with Crippen LogP contribution in [0.3, 0.4) is 0 Å². The summed E-state index contributed by atoms with van der Waals surface area (Å²) in [6.45, 7) is 1.31. The van der Waals surface area contributed by atoms with Gasteiger partial charge in [0, 0.05) is 11.3 Å². The number of halogens is 3. The molecule has 1 amide bonds. The molecule has 13 heteroatoms. The highest BCUT2D eigenvalue weighted by molar-refractivity contribution is 6.04. The van der Waals surface area contributed by atoms with Crippen molar-refractivity contribution in [1.29, 1.82) is 0 Å². The van der Waals surface area contributed by atoms with Crippen molar-refractivity contribution < 1.29 is 37.7 Å². The second kappa shape index (κ2) is 9.80. The summed E-state index contributed by atoms with van der Waals surface area (Å²) in [7, 11) is 0. The molecule has 0 spiro atoms. The quantitative estimate of drug-likeness (QED) is 0.320. The summed E-state index contributed by atoms with van der Waals surface area (Å²) in [6, 6.07) is 10.7. The number of anilines is 3. The van der Waals surface area contributed by atoms with Gasteiger partial charge in [0.1, 0.15) is 17.7 Å². The first-order valence-electron chi connectivity index (χ1n) is 9.66. The van der Waals surface area contributed by atoms with Crippen LogP contribution in [0.1, 0.15) is 17.3 Å². The molecule has 7 N–H and O–H groups in total. The lowest BCUT2D eigenvalue weighted by atomic mass is 10.1. The minimum atomic E-state index is -4.88. The van der Waals surface area contributed by atoms with Gasteiger partial charge < -0.3 is 36.5 Å². The number of nitrogen functional groups attached to an aromatic ring is 2. The van der Waals surface area contributed by atoms with Gasteiger partial charge in [-0.1, -0.05) is 18.2 Å². The Morgan fingerprint density at radius 3 is 2.38 bits per heavy atom. The Labute approximate surface area is 191 Å². The number of nitrogens with zero attached hydrogens (tertiary/aromatic N) is 2. The molecule has 0 radical (unpaired) electrons. The summed E-state index contributed by atoms with van der Waals surface area (Å²) in [5.41, 5.74) is 12.4. The number of hydrogen-bond acceptors (Lipinski definition) is 9. The van der Waals surface area contributed by atoms with E-state index in [9.17, 15) is 28.2 Å². The van der Waals surface area contributed by atoms with Crippen molar-refractivity contribution in [3.8, 4) is 22.8 Å².